The highest BCUT2D eigenvalue weighted by Gasteiger charge is 2.53. The molecule has 0 radical (unpaired) electrons. The smallest absolute Gasteiger partial charge is 0.241 e. The summed E-state index contributed by atoms with van der Waals surface area (Å²) in [6.45, 7) is 7.72. The molecule has 2 aliphatic rings. The van der Waals surface area contributed by atoms with Crippen LogP contribution in [-0.2, 0) is 19.7 Å². The Labute approximate surface area is 160 Å². The number of carbonyl (C=O) groups is 2. The monoisotopic (exact) mass is 392 g/mol. The Kier molecular flexibility index (Phi) is 5.37. The lowest BCUT2D eigenvalue weighted by molar-refractivity contribution is -0.124. The average molecular weight is 393 g/mol. The third-order valence-electron chi connectivity index (χ3n) is 5.18. The molecule has 3 rings (SSSR count). The Bertz CT molecular complexity index is 759. The normalized spacial score (nSPS) is 22.9. The average Bonchev–Trinajstić information content (AvgIpc) is 2.82. The van der Waals surface area contributed by atoms with Crippen molar-refractivity contribution in [3.63, 3.8) is 0 Å². The summed E-state index contributed by atoms with van der Waals surface area (Å²) in [6, 6.07) is 4.82. The van der Waals surface area contributed by atoms with Crippen LogP contribution >= 0.6 is 11.6 Å². The first-order chi connectivity index (χ1) is 12.3. The van der Waals surface area contributed by atoms with E-state index in [-0.39, 0.29) is 12.6 Å². The van der Waals surface area contributed by atoms with Gasteiger partial charge in [0.15, 0.2) is 0 Å². The van der Waals surface area contributed by atoms with Crippen LogP contribution in [0.5, 0.6) is 0 Å². The summed E-state index contributed by atoms with van der Waals surface area (Å²) in [5.41, 5.74) is 0.644. The number of ether oxygens (including phenoxy) is 1. The number of hydrogen-bond acceptors (Lipinski definition) is 4. The summed E-state index contributed by atoms with van der Waals surface area (Å²) in [7, 11) is -1.19. The molecule has 0 N–H and O–H groups in total. The summed E-state index contributed by atoms with van der Waals surface area (Å²) in [4.78, 5) is 30.8. The molecule has 7 heteroatoms. The molecule has 0 unspecified atom stereocenters. The van der Waals surface area contributed by atoms with E-state index in [9.17, 15) is 9.59 Å². The van der Waals surface area contributed by atoms with E-state index in [4.69, 9.17) is 16.3 Å². The van der Waals surface area contributed by atoms with Crippen LogP contribution in [0.25, 0.3) is 0 Å². The number of amides is 1. The molecule has 0 bridgehead atoms. The fourth-order valence-corrected chi connectivity index (χ4v) is 4.58. The van der Waals surface area contributed by atoms with Crippen LogP contribution in [0.4, 0.5) is 5.82 Å². The quantitative estimate of drug-likeness (QED) is 0.419. The molecule has 1 aliphatic heterocycles. The maximum absolute atomic E-state index is 13.3. The second-order valence-electron chi connectivity index (χ2n) is 8.26. The van der Waals surface area contributed by atoms with Crippen molar-refractivity contribution in [1.82, 2.24) is 4.98 Å². The van der Waals surface area contributed by atoms with Crippen molar-refractivity contribution in [3.8, 4) is 0 Å². The van der Waals surface area contributed by atoms with Crippen molar-refractivity contribution in [2.24, 2.45) is 0 Å². The lowest BCUT2D eigenvalue weighted by Gasteiger charge is -2.32. The van der Waals surface area contributed by atoms with Gasteiger partial charge in [0.25, 0.3) is 0 Å². The van der Waals surface area contributed by atoms with Crippen LogP contribution in [0, 0.1) is 0 Å². The van der Waals surface area contributed by atoms with Gasteiger partial charge >= 0.3 is 0 Å². The van der Waals surface area contributed by atoms with E-state index in [1.54, 1.807) is 11.1 Å². The summed E-state index contributed by atoms with van der Waals surface area (Å²) in [5, 5.41) is 0.564. The van der Waals surface area contributed by atoms with E-state index in [1.807, 2.05) is 12.1 Å². The highest BCUT2D eigenvalue weighted by atomic mass is 35.5. The first kappa shape index (κ1) is 19.3. The molecule has 0 fully saturated rings. The van der Waals surface area contributed by atoms with Gasteiger partial charge in [-0.05, 0) is 31.4 Å². The van der Waals surface area contributed by atoms with Crippen LogP contribution in [0.3, 0.4) is 0 Å². The number of nitrogens with zero attached hydrogens (tertiary/aromatic N) is 2. The van der Waals surface area contributed by atoms with Crippen LogP contribution in [0.1, 0.15) is 24.8 Å². The Morgan fingerprint density at radius 1 is 1.42 bits per heavy atom. The molecule has 0 aromatic carbocycles. The number of carbonyl (C=O) groups excluding carboxylic acids is 2. The number of allylic oxidation sites excluding steroid dienone is 2. The number of pyridine rings is 1. The van der Waals surface area contributed by atoms with Gasteiger partial charge in [-0.25, -0.2) is 4.98 Å². The topological polar surface area (TPSA) is 59.5 Å². The van der Waals surface area contributed by atoms with Gasteiger partial charge in [-0.15, -0.1) is 0 Å². The van der Waals surface area contributed by atoms with Crippen molar-refractivity contribution in [2.45, 2.75) is 50.4 Å². The molecule has 1 aromatic heterocycles. The van der Waals surface area contributed by atoms with E-state index in [0.717, 1.165) is 17.9 Å². The molecular formula is C19H25ClN2O3Si. The number of aromatic nitrogens is 1. The van der Waals surface area contributed by atoms with Crippen molar-refractivity contribution in [3.05, 3.63) is 34.5 Å². The lowest BCUT2D eigenvalue weighted by Crippen LogP contribution is -2.43. The van der Waals surface area contributed by atoms with Crippen molar-refractivity contribution in [2.75, 3.05) is 18.2 Å². The molecule has 0 saturated heterocycles. The number of rotatable bonds is 6. The minimum atomic E-state index is -1.19. The van der Waals surface area contributed by atoms with Gasteiger partial charge in [0.1, 0.15) is 18.8 Å². The molecule has 1 aromatic rings. The standard InChI is InChI=1S/C19H25ClN2O3Si/c1-26(2,3)10-9-25-13-22-17-15(5-4-8-21-17)19(18(22)24)7-6-16(20)14(11-19)12-23/h4-5,8,12H,6-7,9-11,13H2,1-3H3/t19-/m0/s1. The number of halogens is 1. The Morgan fingerprint density at radius 3 is 2.88 bits per heavy atom. The Balaban J connectivity index is 1.84. The van der Waals surface area contributed by atoms with Gasteiger partial charge in [0.2, 0.25) is 5.91 Å². The van der Waals surface area contributed by atoms with E-state index in [1.165, 1.54) is 0 Å². The molecule has 1 spiro atoms. The highest BCUT2D eigenvalue weighted by Crippen LogP contribution is 2.50. The molecule has 1 amide bonds. The zero-order valence-corrected chi connectivity index (χ0v) is 17.3. The maximum Gasteiger partial charge on any atom is 0.241 e. The number of aldehydes is 1. The van der Waals surface area contributed by atoms with Crippen molar-refractivity contribution < 1.29 is 14.3 Å². The SMILES string of the molecule is C[Si](C)(C)CCOCN1C(=O)[C@]2(CCC(Cl)=C(C=O)C2)c2cccnc21. The minimum absolute atomic E-state index is 0.0391. The molecule has 1 aliphatic carbocycles. The highest BCUT2D eigenvalue weighted by molar-refractivity contribution is 6.76. The zero-order valence-electron chi connectivity index (χ0n) is 15.5. The summed E-state index contributed by atoms with van der Waals surface area (Å²) in [6.07, 6.45) is 3.91. The second kappa shape index (κ2) is 7.25. The molecular weight excluding hydrogens is 368 g/mol. The molecule has 1 atom stereocenters. The summed E-state index contributed by atoms with van der Waals surface area (Å²) < 4.78 is 5.82. The van der Waals surface area contributed by atoms with E-state index in [2.05, 4.69) is 24.6 Å². The molecule has 2 heterocycles. The largest absolute Gasteiger partial charge is 0.361 e. The van der Waals surface area contributed by atoms with Crippen LogP contribution in [-0.4, -0.2) is 38.6 Å². The summed E-state index contributed by atoms with van der Waals surface area (Å²) in [5.74, 6) is 0.608. The predicted molar refractivity (Wildman–Crippen MR) is 105 cm³/mol. The predicted octanol–water partition coefficient (Wildman–Crippen LogP) is 3.85. The molecule has 140 valence electrons. The Morgan fingerprint density at radius 2 is 2.19 bits per heavy atom. The second-order valence-corrected chi connectivity index (χ2v) is 14.3. The third-order valence-corrected chi connectivity index (χ3v) is 7.32. The number of hydrogen-bond donors (Lipinski definition) is 0. The van der Waals surface area contributed by atoms with Crippen LogP contribution in [0.15, 0.2) is 28.9 Å². The first-order valence-electron chi connectivity index (χ1n) is 8.96. The van der Waals surface area contributed by atoms with Gasteiger partial charge in [0.05, 0.1) is 5.41 Å². The molecule has 0 saturated carbocycles. The lowest BCUT2D eigenvalue weighted by atomic mass is 9.70. The Hall–Kier alpha value is -1.50. The minimum Gasteiger partial charge on any atom is -0.361 e. The van der Waals surface area contributed by atoms with Crippen LogP contribution < -0.4 is 4.90 Å². The zero-order chi connectivity index (χ0) is 18.9. The van der Waals surface area contributed by atoms with E-state index >= 15 is 0 Å². The third kappa shape index (κ3) is 3.50. The van der Waals surface area contributed by atoms with E-state index in [0.29, 0.717) is 42.3 Å². The van der Waals surface area contributed by atoms with Gasteiger partial charge in [0, 0.05) is 37.0 Å². The van der Waals surface area contributed by atoms with Gasteiger partial charge in [-0.3, -0.25) is 14.5 Å². The van der Waals surface area contributed by atoms with Gasteiger partial charge in [-0.1, -0.05) is 37.3 Å². The maximum atomic E-state index is 13.3. The van der Waals surface area contributed by atoms with Crippen molar-refractivity contribution in [1.29, 1.82) is 0 Å². The van der Waals surface area contributed by atoms with Crippen LogP contribution in [0.2, 0.25) is 25.7 Å². The fraction of sp³-hybridized carbons (Fsp3) is 0.526. The van der Waals surface area contributed by atoms with Gasteiger partial charge in [-0.2, -0.15) is 0 Å². The molecule has 5 nitrogen and oxygen atoms in total. The number of anilines is 1. The van der Waals surface area contributed by atoms with E-state index < -0.39 is 13.5 Å². The summed E-state index contributed by atoms with van der Waals surface area (Å²) >= 11 is 6.19. The van der Waals surface area contributed by atoms with Crippen molar-refractivity contribution >= 4 is 37.7 Å². The fourth-order valence-electron chi connectivity index (χ4n) is 3.62. The molecule has 26 heavy (non-hydrogen) atoms. The van der Waals surface area contributed by atoms with Gasteiger partial charge < -0.3 is 4.74 Å². The number of fused-ring (bicyclic) bond motifs is 2. The first-order valence-corrected chi connectivity index (χ1v) is 13.0.